The van der Waals surface area contributed by atoms with E-state index in [1.54, 1.807) is 30.3 Å². The van der Waals surface area contributed by atoms with Gasteiger partial charge >= 0.3 is 5.97 Å². The van der Waals surface area contributed by atoms with Crippen molar-refractivity contribution < 1.29 is 19.1 Å². The molecule has 0 heterocycles. The van der Waals surface area contributed by atoms with Crippen LogP contribution in [0.25, 0.3) is 6.08 Å². The minimum absolute atomic E-state index is 0.159. The number of ether oxygens (including phenoxy) is 2. The van der Waals surface area contributed by atoms with E-state index in [9.17, 15) is 9.59 Å². The van der Waals surface area contributed by atoms with E-state index >= 15 is 0 Å². The average Bonchev–Trinajstić information content (AvgIpc) is 3.36. The molecule has 1 aromatic carbocycles. The van der Waals surface area contributed by atoms with Gasteiger partial charge in [0.1, 0.15) is 17.4 Å². The van der Waals surface area contributed by atoms with Crippen molar-refractivity contribution in [3.63, 3.8) is 0 Å². The smallest absolute Gasteiger partial charge is 0.349 e. The number of hydrogen-bond donors (Lipinski definition) is 1. The molecule has 0 spiro atoms. The van der Waals surface area contributed by atoms with Gasteiger partial charge < -0.3 is 14.8 Å². The van der Waals surface area contributed by atoms with E-state index in [-0.39, 0.29) is 24.1 Å². The van der Waals surface area contributed by atoms with Gasteiger partial charge in [-0.1, -0.05) is 12.1 Å². The van der Waals surface area contributed by atoms with E-state index in [0.29, 0.717) is 17.9 Å². The highest BCUT2D eigenvalue weighted by Crippen LogP contribution is 2.18. The largest absolute Gasteiger partial charge is 0.494 e. The lowest BCUT2D eigenvalue weighted by atomic mass is 10.1. The lowest BCUT2D eigenvalue weighted by Crippen LogP contribution is -2.30. The molecule has 1 saturated carbocycles. The second-order valence-electron chi connectivity index (χ2n) is 5.09. The van der Waals surface area contributed by atoms with Gasteiger partial charge in [-0.3, -0.25) is 4.79 Å². The Morgan fingerprint density at radius 3 is 2.61 bits per heavy atom. The summed E-state index contributed by atoms with van der Waals surface area (Å²) in [4.78, 5) is 23.3. The third-order valence-electron chi connectivity index (χ3n) is 3.12. The number of benzene rings is 1. The van der Waals surface area contributed by atoms with E-state index in [4.69, 9.17) is 14.7 Å². The number of carbonyl (C=O) groups excluding carboxylic acids is 2. The average molecular weight is 314 g/mol. The highest BCUT2D eigenvalue weighted by molar-refractivity contribution is 5.98. The third kappa shape index (κ3) is 5.47. The van der Waals surface area contributed by atoms with Gasteiger partial charge in [0.15, 0.2) is 6.61 Å². The molecule has 2 rings (SSSR count). The number of nitrogens with zero attached hydrogens (tertiary/aromatic N) is 1. The molecule has 1 fully saturated rings. The van der Waals surface area contributed by atoms with Crippen molar-refractivity contribution in [2.75, 3.05) is 13.2 Å². The molecular formula is C17H18N2O4. The normalized spacial score (nSPS) is 13.8. The number of esters is 1. The Morgan fingerprint density at radius 2 is 2.04 bits per heavy atom. The van der Waals surface area contributed by atoms with Crippen LogP contribution in [0.4, 0.5) is 0 Å². The molecule has 1 aliphatic rings. The zero-order valence-corrected chi connectivity index (χ0v) is 12.9. The van der Waals surface area contributed by atoms with Crippen LogP contribution in [0, 0.1) is 11.3 Å². The van der Waals surface area contributed by atoms with Crippen LogP contribution in [0.15, 0.2) is 29.8 Å². The summed E-state index contributed by atoms with van der Waals surface area (Å²) < 4.78 is 10.2. The molecule has 0 unspecified atom stereocenters. The minimum Gasteiger partial charge on any atom is -0.494 e. The second-order valence-corrected chi connectivity index (χ2v) is 5.09. The Hall–Kier alpha value is -2.81. The lowest BCUT2D eigenvalue weighted by Gasteiger charge is -2.05. The Morgan fingerprint density at radius 1 is 1.35 bits per heavy atom. The van der Waals surface area contributed by atoms with Crippen LogP contribution in [0.5, 0.6) is 5.75 Å². The molecule has 0 aromatic heterocycles. The monoisotopic (exact) mass is 314 g/mol. The summed E-state index contributed by atoms with van der Waals surface area (Å²) in [6, 6.07) is 8.96. The molecule has 1 amide bonds. The summed E-state index contributed by atoms with van der Waals surface area (Å²) in [6.45, 7) is 2.07. The van der Waals surface area contributed by atoms with Crippen LogP contribution in [0.2, 0.25) is 0 Å². The second kappa shape index (κ2) is 7.99. The van der Waals surface area contributed by atoms with Gasteiger partial charge in [0, 0.05) is 6.04 Å². The van der Waals surface area contributed by atoms with Crippen LogP contribution >= 0.6 is 0 Å². The molecule has 6 nitrogen and oxygen atoms in total. The summed E-state index contributed by atoms with van der Waals surface area (Å²) in [7, 11) is 0. The van der Waals surface area contributed by atoms with Gasteiger partial charge in [-0.2, -0.15) is 5.26 Å². The highest BCUT2D eigenvalue weighted by Gasteiger charge is 2.23. The maximum atomic E-state index is 11.8. The van der Waals surface area contributed by atoms with Gasteiger partial charge in [0.25, 0.3) is 5.91 Å². The molecule has 0 aliphatic heterocycles. The molecule has 23 heavy (non-hydrogen) atoms. The van der Waals surface area contributed by atoms with Gasteiger partial charge in [-0.25, -0.2) is 4.79 Å². The van der Waals surface area contributed by atoms with E-state index in [1.807, 2.05) is 6.92 Å². The van der Waals surface area contributed by atoms with Gasteiger partial charge in [0.05, 0.1) is 6.61 Å². The van der Waals surface area contributed by atoms with E-state index in [0.717, 1.165) is 12.8 Å². The summed E-state index contributed by atoms with van der Waals surface area (Å²) in [5, 5.41) is 11.8. The van der Waals surface area contributed by atoms with Gasteiger partial charge in [-0.05, 0) is 43.5 Å². The Bertz CT molecular complexity index is 640. The maximum absolute atomic E-state index is 11.8. The molecule has 1 N–H and O–H groups in total. The number of hydrogen-bond acceptors (Lipinski definition) is 5. The fraction of sp³-hybridized carbons (Fsp3) is 0.353. The van der Waals surface area contributed by atoms with Crippen molar-refractivity contribution in [1.29, 1.82) is 5.26 Å². The SMILES string of the molecule is CCOc1ccc(/C=C(\C#N)C(=O)OCC(=O)NC2CC2)cc1. The van der Waals surface area contributed by atoms with Crippen molar-refractivity contribution in [2.24, 2.45) is 0 Å². The summed E-state index contributed by atoms with van der Waals surface area (Å²) in [6.07, 6.45) is 3.33. The molecule has 0 bridgehead atoms. The van der Waals surface area contributed by atoms with Gasteiger partial charge in [0.2, 0.25) is 0 Å². The number of nitriles is 1. The van der Waals surface area contributed by atoms with Crippen molar-refractivity contribution in [3.8, 4) is 11.8 Å². The number of rotatable bonds is 7. The van der Waals surface area contributed by atoms with Crippen LogP contribution in [0.3, 0.4) is 0 Å². The first-order valence-electron chi connectivity index (χ1n) is 7.43. The zero-order valence-electron chi connectivity index (χ0n) is 12.9. The van der Waals surface area contributed by atoms with Crippen molar-refractivity contribution >= 4 is 18.0 Å². The Balaban J connectivity index is 1.92. The van der Waals surface area contributed by atoms with Crippen LogP contribution in [-0.2, 0) is 14.3 Å². The molecule has 0 saturated heterocycles. The van der Waals surface area contributed by atoms with Crippen molar-refractivity contribution in [2.45, 2.75) is 25.8 Å². The predicted molar refractivity (Wildman–Crippen MR) is 83.3 cm³/mol. The minimum atomic E-state index is -0.813. The van der Waals surface area contributed by atoms with Crippen molar-refractivity contribution in [3.05, 3.63) is 35.4 Å². The van der Waals surface area contributed by atoms with E-state index in [2.05, 4.69) is 5.32 Å². The fourth-order valence-electron chi connectivity index (χ4n) is 1.84. The van der Waals surface area contributed by atoms with Crippen LogP contribution < -0.4 is 10.1 Å². The lowest BCUT2D eigenvalue weighted by molar-refractivity contribution is -0.144. The van der Waals surface area contributed by atoms with E-state index < -0.39 is 5.97 Å². The Labute approximate surface area is 134 Å². The molecule has 0 radical (unpaired) electrons. The van der Waals surface area contributed by atoms with Crippen molar-refractivity contribution in [1.82, 2.24) is 5.32 Å². The molecular weight excluding hydrogens is 296 g/mol. The fourth-order valence-corrected chi connectivity index (χ4v) is 1.84. The number of carbonyl (C=O) groups is 2. The molecule has 0 atom stereocenters. The number of nitrogens with one attached hydrogen (secondary N) is 1. The zero-order chi connectivity index (χ0) is 16.7. The summed E-state index contributed by atoms with van der Waals surface area (Å²) >= 11 is 0. The molecule has 120 valence electrons. The quantitative estimate of drug-likeness (QED) is 0.471. The summed E-state index contributed by atoms with van der Waals surface area (Å²) in [5.41, 5.74) is 0.512. The molecule has 1 aromatic rings. The standard InChI is InChI=1S/C17H18N2O4/c1-2-22-15-7-3-12(4-8-15)9-13(10-18)17(21)23-11-16(20)19-14-5-6-14/h3-4,7-9,14H,2,5-6,11H2,1H3,(H,19,20)/b13-9+. The predicted octanol–water partition coefficient (Wildman–Crippen LogP) is 1.81. The first-order valence-corrected chi connectivity index (χ1v) is 7.43. The highest BCUT2D eigenvalue weighted by atomic mass is 16.5. The first kappa shape index (κ1) is 16.6. The van der Waals surface area contributed by atoms with Crippen LogP contribution in [0.1, 0.15) is 25.3 Å². The molecule has 6 heteroatoms. The number of amides is 1. The Kier molecular flexibility index (Phi) is 5.75. The maximum Gasteiger partial charge on any atom is 0.349 e. The van der Waals surface area contributed by atoms with Crippen LogP contribution in [-0.4, -0.2) is 31.1 Å². The third-order valence-corrected chi connectivity index (χ3v) is 3.12. The topological polar surface area (TPSA) is 88.4 Å². The first-order chi connectivity index (χ1) is 11.1. The summed E-state index contributed by atoms with van der Waals surface area (Å²) in [5.74, 6) is -0.450. The van der Waals surface area contributed by atoms with Gasteiger partial charge in [-0.15, -0.1) is 0 Å². The van der Waals surface area contributed by atoms with E-state index in [1.165, 1.54) is 6.08 Å². The molecule has 1 aliphatic carbocycles.